The lowest BCUT2D eigenvalue weighted by Gasteiger charge is -2.33. The number of amides is 7. The van der Waals surface area contributed by atoms with Crippen molar-refractivity contribution in [3.8, 4) is 0 Å². The standard InChI is InChI=1S/C34H59N7O7/c1-8-22(4)27-30(46)38-24(9-2)29(45)41-33(6,31(47)36-10-3)20-15-13-11-12-14-16-21-34(7,32(48)37-23(5)28(44)39-27)40-26(43)19-17-18-25(35)42/h11-12,22-24,27H,8-10,13-21H2,1-7H3,(H2,35,42)(H,36,47)(H,37,48)(H,38,46)(H,39,44)(H,40,43)(H,41,45)/b12-11+/t22-,23?,24?,27?,33?,34?/m0/s1. The Morgan fingerprint density at radius 3 is 2.10 bits per heavy atom. The minimum atomic E-state index is -1.37. The van der Waals surface area contributed by atoms with Crippen LogP contribution in [0.5, 0.6) is 0 Å². The van der Waals surface area contributed by atoms with Crippen molar-refractivity contribution in [1.82, 2.24) is 31.9 Å². The van der Waals surface area contributed by atoms with Crippen LogP contribution in [0.15, 0.2) is 12.2 Å². The predicted molar refractivity (Wildman–Crippen MR) is 183 cm³/mol. The van der Waals surface area contributed by atoms with Crippen LogP contribution in [0.3, 0.4) is 0 Å². The molecular weight excluding hydrogens is 618 g/mol. The van der Waals surface area contributed by atoms with Gasteiger partial charge >= 0.3 is 0 Å². The van der Waals surface area contributed by atoms with Crippen molar-refractivity contribution in [1.29, 1.82) is 0 Å². The summed E-state index contributed by atoms with van der Waals surface area (Å²) in [5.41, 5.74) is 2.60. The average Bonchev–Trinajstić information content (AvgIpc) is 3.02. The third kappa shape index (κ3) is 13.6. The normalized spacial score (nSPS) is 28.3. The first-order chi connectivity index (χ1) is 22.5. The van der Waals surface area contributed by atoms with Gasteiger partial charge in [-0.25, -0.2) is 0 Å². The quantitative estimate of drug-likeness (QED) is 0.168. The summed E-state index contributed by atoms with van der Waals surface area (Å²) in [5.74, 6) is -3.86. The highest BCUT2D eigenvalue weighted by Crippen LogP contribution is 2.19. The summed E-state index contributed by atoms with van der Waals surface area (Å²) in [6.45, 7) is 12.3. The van der Waals surface area contributed by atoms with E-state index in [0.29, 0.717) is 45.1 Å². The van der Waals surface area contributed by atoms with E-state index in [2.05, 4.69) is 31.9 Å². The molecule has 1 heterocycles. The molecule has 6 atom stereocenters. The van der Waals surface area contributed by atoms with Gasteiger partial charge in [0.25, 0.3) is 0 Å². The topological polar surface area (TPSA) is 218 Å². The van der Waals surface area contributed by atoms with E-state index in [-0.39, 0.29) is 43.9 Å². The first-order valence-electron chi connectivity index (χ1n) is 17.3. The van der Waals surface area contributed by atoms with E-state index >= 15 is 0 Å². The van der Waals surface area contributed by atoms with Gasteiger partial charge in [-0.2, -0.15) is 0 Å². The van der Waals surface area contributed by atoms with Gasteiger partial charge in [-0.3, -0.25) is 33.6 Å². The lowest BCUT2D eigenvalue weighted by molar-refractivity contribution is -0.137. The molecule has 0 aromatic heterocycles. The van der Waals surface area contributed by atoms with Crippen molar-refractivity contribution in [2.75, 3.05) is 6.54 Å². The molecule has 1 rings (SSSR count). The molecule has 0 fully saturated rings. The molecule has 0 saturated heterocycles. The van der Waals surface area contributed by atoms with E-state index in [1.165, 1.54) is 6.92 Å². The Bertz CT molecular complexity index is 1180. The molecule has 8 N–H and O–H groups in total. The molecule has 0 saturated carbocycles. The van der Waals surface area contributed by atoms with Crippen LogP contribution in [0, 0.1) is 5.92 Å². The molecule has 48 heavy (non-hydrogen) atoms. The molecule has 0 aromatic carbocycles. The van der Waals surface area contributed by atoms with Gasteiger partial charge in [0.1, 0.15) is 29.2 Å². The van der Waals surface area contributed by atoms with Crippen LogP contribution in [0.25, 0.3) is 0 Å². The molecule has 0 spiro atoms. The van der Waals surface area contributed by atoms with E-state index in [1.807, 2.05) is 19.1 Å². The Morgan fingerprint density at radius 1 is 0.917 bits per heavy atom. The van der Waals surface area contributed by atoms with Crippen LogP contribution in [0.2, 0.25) is 0 Å². The summed E-state index contributed by atoms with van der Waals surface area (Å²) >= 11 is 0. The Morgan fingerprint density at radius 2 is 1.54 bits per heavy atom. The largest absolute Gasteiger partial charge is 0.370 e. The van der Waals surface area contributed by atoms with Crippen LogP contribution < -0.4 is 37.6 Å². The van der Waals surface area contributed by atoms with E-state index in [0.717, 1.165) is 0 Å². The Balaban J connectivity index is 3.41. The van der Waals surface area contributed by atoms with E-state index in [9.17, 15) is 33.6 Å². The predicted octanol–water partition coefficient (Wildman–Crippen LogP) is 1.37. The Labute approximate surface area is 285 Å². The lowest BCUT2D eigenvalue weighted by atomic mass is 9.92. The highest BCUT2D eigenvalue weighted by molar-refractivity contribution is 5.97. The SMILES string of the molecule is CCNC(=O)C1(C)CCC/C=C/CCCC(C)(NC(=O)CCCC(N)=O)C(=O)NC(C)C(=O)NC([C@@H](C)CC)C(=O)NC(CC)C(=O)N1. The molecule has 0 aliphatic carbocycles. The smallest absolute Gasteiger partial charge is 0.246 e. The van der Waals surface area contributed by atoms with Crippen LogP contribution >= 0.6 is 0 Å². The van der Waals surface area contributed by atoms with Crippen molar-refractivity contribution < 1.29 is 33.6 Å². The average molecular weight is 678 g/mol. The summed E-state index contributed by atoms with van der Waals surface area (Å²) in [6, 6.07) is -3.05. The number of nitrogens with one attached hydrogen (secondary N) is 6. The van der Waals surface area contributed by atoms with E-state index < -0.39 is 64.6 Å². The fraction of sp³-hybridized carbons (Fsp3) is 0.735. The minimum Gasteiger partial charge on any atom is -0.370 e. The zero-order valence-corrected chi connectivity index (χ0v) is 29.9. The fourth-order valence-electron chi connectivity index (χ4n) is 5.37. The summed E-state index contributed by atoms with van der Waals surface area (Å²) < 4.78 is 0. The van der Waals surface area contributed by atoms with Gasteiger partial charge in [-0.15, -0.1) is 0 Å². The summed E-state index contributed by atoms with van der Waals surface area (Å²) in [5, 5.41) is 16.6. The van der Waals surface area contributed by atoms with Crippen LogP contribution in [-0.2, 0) is 33.6 Å². The zero-order valence-electron chi connectivity index (χ0n) is 29.9. The number of rotatable bonds is 10. The highest BCUT2D eigenvalue weighted by atomic mass is 16.2. The summed E-state index contributed by atoms with van der Waals surface area (Å²) in [6.07, 6.45) is 7.95. The van der Waals surface area contributed by atoms with Gasteiger partial charge in [-0.1, -0.05) is 39.3 Å². The summed E-state index contributed by atoms with van der Waals surface area (Å²) in [4.78, 5) is 90.9. The molecule has 5 unspecified atom stereocenters. The lowest BCUT2D eigenvalue weighted by Crippen LogP contribution is -2.63. The second kappa shape index (κ2) is 20.4. The van der Waals surface area contributed by atoms with Crippen LogP contribution in [0.4, 0.5) is 0 Å². The number of hydrogen-bond donors (Lipinski definition) is 7. The molecule has 0 radical (unpaired) electrons. The van der Waals surface area contributed by atoms with E-state index in [4.69, 9.17) is 5.73 Å². The van der Waals surface area contributed by atoms with Crippen molar-refractivity contribution in [2.45, 2.75) is 148 Å². The molecule has 14 heteroatoms. The minimum absolute atomic E-state index is 0.00123. The number of carbonyl (C=O) groups excluding carboxylic acids is 7. The molecule has 14 nitrogen and oxygen atoms in total. The first-order valence-corrected chi connectivity index (χ1v) is 17.3. The van der Waals surface area contributed by atoms with Crippen LogP contribution in [0.1, 0.15) is 119 Å². The second-order valence-electron chi connectivity index (χ2n) is 13.2. The maximum Gasteiger partial charge on any atom is 0.246 e. The number of primary amides is 1. The van der Waals surface area contributed by atoms with Gasteiger partial charge in [0.05, 0.1) is 0 Å². The monoisotopic (exact) mass is 677 g/mol. The molecule has 1 aliphatic heterocycles. The number of allylic oxidation sites excluding steroid dienone is 2. The zero-order chi connectivity index (χ0) is 36.5. The van der Waals surface area contributed by atoms with Gasteiger partial charge < -0.3 is 37.6 Å². The van der Waals surface area contributed by atoms with Crippen molar-refractivity contribution >= 4 is 41.4 Å². The number of likely N-dealkylation sites (N-methyl/N-ethyl adjacent to an activating group) is 1. The molecule has 7 amide bonds. The van der Waals surface area contributed by atoms with Crippen molar-refractivity contribution in [2.24, 2.45) is 11.7 Å². The fourth-order valence-corrected chi connectivity index (χ4v) is 5.37. The maximum atomic E-state index is 13.6. The van der Waals surface area contributed by atoms with Crippen LogP contribution in [-0.4, -0.2) is 77.1 Å². The second-order valence-corrected chi connectivity index (χ2v) is 13.2. The number of hydrogen-bond acceptors (Lipinski definition) is 7. The van der Waals surface area contributed by atoms with E-state index in [1.54, 1.807) is 34.6 Å². The number of nitrogens with two attached hydrogens (primary N) is 1. The Hall–Kier alpha value is -3.97. The van der Waals surface area contributed by atoms with Gasteiger partial charge in [0.15, 0.2) is 0 Å². The maximum absolute atomic E-state index is 13.6. The molecule has 0 aromatic rings. The first kappa shape index (κ1) is 42.1. The van der Waals surface area contributed by atoms with Crippen molar-refractivity contribution in [3.05, 3.63) is 12.2 Å². The molecule has 272 valence electrons. The van der Waals surface area contributed by atoms with Crippen molar-refractivity contribution in [3.63, 3.8) is 0 Å². The summed E-state index contributed by atoms with van der Waals surface area (Å²) in [7, 11) is 0. The molecular formula is C34H59N7O7. The Kier molecular flexibility index (Phi) is 17.9. The van der Waals surface area contributed by atoms with Gasteiger partial charge in [0.2, 0.25) is 41.4 Å². The molecule has 0 bridgehead atoms. The van der Waals surface area contributed by atoms with Gasteiger partial charge in [0, 0.05) is 19.4 Å². The third-order valence-electron chi connectivity index (χ3n) is 8.82. The highest BCUT2D eigenvalue weighted by Gasteiger charge is 2.39. The van der Waals surface area contributed by atoms with Gasteiger partial charge in [-0.05, 0) is 85.0 Å². The third-order valence-corrected chi connectivity index (χ3v) is 8.82. The molecule has 1 aliphatic rings. The number of carbonyl (C=O) groups is 7.